The predicted octanol–water partition coefficient (Wildman–Crippen LogP) is 4.60. The Morgan fingerprint density at radius 3 is 2.68 bits per heavy atom. The summed E-state index contributed by atoms with van der Waals surface area (Å²) in [7, 11) is 0. The van der Waals surface area contributed by atoms with Gasteiger partial charge in [0.25, 0.3) is 0 Å². The number of nitriles is 1. The lowest BCUT2D eigenvalue weighted by molar-refractivity contribution is -0.125. The minimum atomic E-state index is -0.523. The van der Waals surface area contributed by atoms with E-state index in [0.717, 1.165) is 33.7 Å². The molecule has 0 bridgehead atoms. The number of likely N-dealkylation sites (tertiary alicyclic amines) is 1. The van der Waals surface area contributed by atoms with Crippen LogP contribution in [0, 0.1) is 16.9 Å². The Morgan fingerprint density at radius 2 is 1.87 bits per heavy atom. The van der Waals surface area contributed by atoms with Crippen LogP contribution in [0.3, 0.4) is 0 Å². The van der Waals surface area contributed by atoms with Crippen LogP contribution in [0.5, 0.6) is 5.75 Å². The molecule has 0 radical (unpaired) electrons. The third kappa shape index (κ3) is 3.62. The van der Waals surface area contributed by atoms with Gasteiger partial charge in [0, 0.05) is 24.3 Å². The highest BCUT2D eigenvalue weighted by Crippen LogP contribution is 2.42. The molecule has 5 nitrogen and oxygen atoms in total. The van der Waals surface area contributed by atoms with E-state index in [4.69, 9.17) is 4.74 Å². The topological polar surface area (TPSA) is 65.4 Å². The summed E-state index contributed by atoms with van der Waals surface area (Å²) in [6.45, 7) is 1.62. The molecule has 2 heterocycles. The standard InChI is InChI=1S/C26H23N3O2/c27-18-29-13-12-26(17-29)15-21-14-20(10-11-23(21)28-25(26)30)22-8-4-5-9-24(22)31-16-19-6-2-1-3-7-19/h1-11,14H,12-13,15-17H2,(H,28,30). The molecule has 1 amide bonds. The van der Waals surface area contributed by atoms with Crippen molar-refractivity contribution < 1.29 is 9.53 Å². The van der Waals surface area contributed by atoms with Crippen molar-refractivity contribution in [1.82, 2.24) is 4.90 Å². The highest BCUT2D eigenvalue weighted by Gasteiger charge is 2.47. The molecule has 1 N–H and O–H groups in total. The van der Waals surface area contributed by atoms with Crippen molar-refractivity contribution in [2.45, 2.75) is 19.4 Å². The van der Waals surface area contributed by atoms with Gasteiger partial charge in [-0.15, -0.1) is 0 Å². The van der Waals surface area contributed by atoms with Crippen molar-refractivity contribution in [2.24, 2.45) is 5.41 Å². The fraction of sp³-hybridized carbons (Fsp3) is 0.231. The summed E-state index contributed by atoms with van der Waals surface area (Å²) in [6.07, 6.45) is 3.54. The second-order valence-electron chi connectivity index (χ2n) is 8.33. The van der Waals surface area contributed by atoms with Gasteiger partial charge in [0.2, 0.25) is 5.91 Å². The number of carbonyl (C=O) groups is 1. The van der Waals surface area contributed by atoms with Gasteiger partial charge in [0.05, 0.1) is 5.41 Å². The summed E-state index contributed by atoms with van der Waals surface area (Å²) in [5, 5.41) is 12.3. The molecule has 3 aromatic rings. The average Bonchev–Trinajstić information content (AvgIpc) is 3.23. The molecule has 2 aliphatic rings. The quantitative estimate of drug-likeness (QED) is 0.640. The van der Waals surface area contributed by atoms with Crippen LogP contribution in [0.2, 0.25) is 0 Å². The van der Waals surface area contributed by atoms with Crippen LogP contribution >= 0.6 is 0 Å². The Kier molecular flexibility index (Phi) is 4.83. The maximum atomic E-state index is 12.8. The molecule has 0 aromatic heterocycles. The predicted molar refractivity (Wildman–Crippen MR) is 119 cm³/mol. The van der Waals surface area contributed by atoms with Crippen molar-refractivity contribution in [3.05, 3.63) is 83.9 Å². The Hall–Kier alpha value is -3.78. The fourth-order valence-corrected chi connectivity index (χ4v) is 4.58. The van der Waals surface area contributed by atoms with Gasteiger partial charge in [-0.2, -0.15) is 5.26 Å². The van der Waals surface area contributed by atoms with E-state index in [0.29, 0.717) is 32.5 Å². The molecule has 1 spiro atoms. The van der Waals surface area contributed by atoms with Crippen LogP contribution in [-0.4, -0.2) is 23.9 Å². The minimum absolute atomic E-state index is 0.0251. The van der Waals surface area contributed by atoms with Crippen LogP contribution in [0.25, 0.3) is 11.1 Å². The largest absolute Gasteiger partial charge is 0.488 e. The molecule has 2 aliphatic heterocycles. The van der Waals surface area contributed by atoms with Crippen molar-refractivity contribution >= 4 is 11.6 Å². The lowest BCUT2D eigenvalue weighted by Gasteiger charge is -2.33. The number of para-hydroxylation sites is 1. The van der Waals surface area contributed by atoms with Gasteiger partial charge >= 0.3 is 0 Å². The van der Waals surface area contributed by atoms with E-state index in [1.807, 2.05) is 48.5 Å². The number of nitrogens with zero attached hydrogens (tertiary/aromatic N) is 2. The zero-order valence-corrected chi connectivity index (χ0v) is 17.2. The van der Waals surface area contributed by atoms with Crippen LogP contribution in [0.4, 0.5) is 5.69 Å². The monoisotopic (exact) mass is 409 g/mol. The average molecular weight is 409 g/mol. The minimum Gasteiger partial charge on any atom is -0.488 e. The van der Waals surface area contributed by atoms with Crippen molar-refractivity contribution in [2.75, 3.05) is 18.4 Å². The molecular formula is C26H23N3O2. The fourth-order valence-electron chi connectivity index (χ4n) is 4.58. The number of nitrogens with one attached hydrogen (secondary N) is 1. The number of benzene rings is 3. The van der Waals surface area contributed by atoms with Gasteiger partial charge in [-0.1, -0.05) is 54.6 Å². The number of anilines is 1. The van der Waals surface area contributed by atoms with Crippen LogP contribution < -0.4 is 10.1 Å². The van der Waals surface area contributed by atoms with Gasteiger partial charge in [-0.05, 0) is 47.7 Å². The summed E-state index contributed by atoms with van der Waals surface area (Å²) >= 11 is 0. The molecule has 1 saturated heterocycles. The van der Waals surface area contributed by atoms with Crippen LogP contribution in [-0.2, 0) is 17.8 Å². The maximum absolute atomic E-state index is 12.8. The van der Waals surface area contributed by atoms with Crippen molar-refractivity contribution in [3.63, 3.8) is 0 Å². The second-order valence-corrected chi connectivity index (χ2v) is 8.33. The normalized spacial score (nSPS) is 19.6. The van der Waals surface area contributed by atoms with Crippen LogP contribution in [0.15, 0.2) is 72.8 Å². The molecule has 5 rings (SSSR count). The third-order valence-corrected chi connectivity index (χ3v) is 6.29. The first kappa shape index (κ1) is 19.2. The highest BCUT2D eigenvalue weighted by molar-refractivity contribution is 5.99. The molecule has 1 atom stereocenters. The first-order valence-electron chi connectivity index (χ1n) is 10.5. The van der Waals surface area contributed by atoms with Gasteiger partial charge in [-0.3, -0.25) is 4.79 Å². The molecule has 0 saturated carbocycles. The lowest BCUT2D eigenvalue weighted by Crippen LogP contribution is -2.43. The summed E-state index contributed by atoms with van der Waals surface area (Å²) in [4.78, 5) is 14.5. The molecule has 0 aliphatic carbocycles. The third-order valence-electron chi connectivity index (χ3n) is 6.29. The van der Waals surface area contributed by atoms with E-state index >= 15 is 0 Å². The molecule has 3 aromatic carbocycles. The van der Waals surface area contributed by atoms with Gasteiger partial charge < -0.3 is 15.0 Å². The van der Waals surface area contributed by atoms with E-state index in [2.05, 4.69) is 35.8 Å². The number of amides is 1. The maximum Gasteiger partial charge on any atom is 0.232 e. The zero-order valence-electron chi connectivity index (χ0n) is 17.2. The molecule has 5 heteroatoms. The number of ether oxygens (including phenoxy) is 1. The molecule has 31 heavy (non-hydrogen) atoms. The van der Waals surface area contributed by atoms with E-state index in [1.165, 1.54) is 0 Å². The number of rotatable bonds is 4. The number of fused-ring (bicyclic) bond motifs is 1. The van der Waals surface area contributed by atoms with Crippen LogP contribution in [0.1, 0.15) is 17.5 Å². The Balaban J connectivity index is 1.43. The van der Waals surface area contributed by atoms with E-state index < -0.39 is 5.41 Å². The number of hydrogen-bond acceptors (Lipinski definition) is 4. The Morgan fingerprint density at radius 1 is 1.06 bits per heavy atom. The summed E-state index contributed by atoms with van der Waals surface area (Å²) in [5.41, 5.74) is 4.65. The zero-order chi connectivity index (χ0) is 21.3. The lowest BCUT2D eigenvalue weighted by atomic mass is 9.76. The summed E-state index contributed by atoms with van der Waals surface area (Å²) in [5.74, 6) is 0.856. The molecular weight excluding hydrogens is 386 g/mol. The Labute approximate surface area is 181 Å². The van der Waals surface area contributed by atoms with E-state index in [-0.39, 0.29) is 5.91 Å². The molecule has 1 unspecified atom stereocenters. The van der Waals surface area contributed by atoms with Crippen molar-refractivity contribution in [3.8, 4) is 23.1 Å². The SMILES string of the molecule is N#CN1CCC2(Cc3cc(-c4ccccc4OCc4ccccc4)ccc3NC2=O)C1. The smallest absolute Gasteiger partial charge is 0.232 e. The second kappa shape index (κ2) is 7.81. The van der Waals surface area contributed by atoms with Gasteiger partial charge in [0.15, 0.2) is 6.19 Å². The molecule has 1 fully saturated rings. The summed E-state index contributed by atoms with van der Waals surface area (Å²) in [6, 6.07) is 24.3. The first-order chi connectivity index (χ1) is 15.2. The Bertz CT molecular complexity index is 1170. The van der Waals surface area contributed by atoms with Gasteiger partial charge in [0.1, 0.15) is 12.4 Å². The van der Waals surface area contributed by atoms with Crippen molar-refractivity contribution in [1.29, 1.82) is 5.26 Å². The highest BCUT2D eigenvalue weighted by atomic mass is 16.5. The number of hydrogen-bond donors (Lipinski definition) is 1. The van der Waals surface area contributed by atoms with E-state index in [1.54, 1.807) is 4.90 Å². The first-order valence-corrected chi connectivity index (χ1v) is 10.5. The number of carbonyl (C=O) groups excluding carboxylic acids is 1. The molecule has 154 valence electrons. The van der Waals surface area contributed by atoms with E-state index in [9.17, 15) is 10.1 Å². The summed E-state index contributed by atoms with van der Waals surface area (Å²) < 4.78 is 6.15. The van der Waals surface area contributed by atoms with Gasteiger partial charge in [-0.25, -0.2) is 0 Å².